The molecule has 1 aromatic carbocycles. The van der Waals surface area contributed by atoms with Crippen LogP contribution >= 0.6 is 0 Å². The normalized spacial score (nSPS) is 20.1. The molecule has 0 saturated carbocycles. The van der Waals surface area contributed by atoms with Crippen molar-refractivity contribution in [2.45, 2.75) is 12.5 Å². The van der Waals surface area contributed by atoms with Gasteiger partial charge in [-0.15, -0.1) is 0 Å². The minimum Gasteiger partial charge on any atom is -0.378 e. The average molecular weight is 338 g/mol. The number of carbonyl (C=O) groups excluding carboxylic acids is 1. The number of anilines is 2. The SMILES string of the molecule is O=C(Nc1ccc(N2CCOCC2)nc1)N1CCC1c1ccccc1. The lowest BCUT2D eigenvalue weighted by atomic mass is 9.95. The van der Waals surface area contributed by atoms with E-state index in [4.69, 9.17) is 4.74 Å². The molecule has 6 nitrogen and oxygen atoms in total. The molecule has 1 atom stereocenters. The van der Waals surface area contributed by atoms with E-state index in [9.17, 15) is 4.79 Å². The number of nitrogens with one attached hydrogen (secondary N) is 1. The molecular weight excluding hydrogens is 316 g/mol. The quantitative estimate of drug-likeness (QED) is 0.935. The standard InChI is InChI=1S/C19H22N4O2/c24-19(23-9-8-17(23)15-4-2-1-3-5-15)21-16-6-7-18(20-14-16)22-10-12-25-13-11-22/h1-7,14,17H,8-13H2,(H,21,24). The number of morpholine rings is 1. The first-order valence-electron chi connectivity index (χ1n) is 8.72. The second-order valence-electron chi connectivity index (χ2n) is 6.34. The van der Waals surface area contributed by atoms with Crippen LogP contribution in [0.15, 0.2) is 48.7 Å². The lowest BCUT2D eigenvalue weighted by molar-refractivity contribution is 0.122. The summed E-state index contributed by atoms with van der Waals surface area (Å²) in [6, 6.07) is 14.1. The number of pyridine rings is 1. The maximum absolute atomic E-state index is 12.5. The van der Waals surface area contributed by atoms with Crippen LogP contribution in [0.1, 0.15) is 18.0 Å². The third kappa shape index (κ3) is 3.44. The highest BCUT2D eigenvalue weighted by atomic mass is 16.5. The number of rotatable bonds is 3. The van der Waals surface area contributed by atoms with E-state index in [1.54, 1.807) is 6.20 Å². The lowest BCUT2D eigenvalue weighted by Crippen LogP contribution is -2.47. The van der Waals surface area contributed by atoms with Gasteiger partial charge in [0, 0.05) is 19.6 Å². The van der Waals surface area contributed by atoms with Crippen molar-refractivity contribution in [1.82, 2.24) is 9.88 Å². The van der Waals surface area contributed by atoms with Gasteiger partial charge in [-0.3, -0.25) is 0 Å². The van der Waals surface area contributed by atoms with E-state index in [1.165, 1.54) is 5.56 Å². The topological polar surface area (TPSA) is 57.7 Å². The van der Waals surface area contributed by atoms with Crippen LogP contribution in [0.2, 0.25) is 0 Å². The molecule has 4 rings (SSSR count). The first-order valence-corrected chi connectivity index (χ1v) is 8.72. The van der Waals surface area contributed by atoms with Crippen LogP contribution in [0, 0.1) is 0 Å². The molecule has 25 heavy (non-hydrogen) atoms. The fourth-order valence-corrected chi connectivity index (χ4v) is 3.29. The molecule has 0 radical (unpaired) electrons. The predicted octanol–water partition coefficient (Wildman–Crippen LogP) is 2.90. The highest BCUT2D eigenvalue weighted by molar-refractivity contribution is 5.90. The number of ether oxygens (including phenoxy) is 1. The summed E-state index contributed by atoms with van der Waals surface area (Å²) in [6.45, 7) is 3.95. The molecule has 130 valence electrons. The van der Waals surface area contributed by atoms with Crippen molar-refractivity contribution < 1.29 is 9.53 Å². The summed E-state index contributed by atoms with van der Waals surface area (Å²) < 4.78 is 5.36. The van der Waals surface area contributed by atoms with Gasteiger partial charge < -0.3 is 19.9 Å². The van der Waals surface area contributed by atoms with Gasteiger partial charge in [0.2, 0.25) is 0 Å². The van der Waals surface area contributed by atoms with Gasteiger partial charge in [-0.25, -0.2) is 9.78 Å². The van der Waals surface area contributed by atoms with E-state index >= 15 is 0 Å². The van der Waals surface area contributed by atoms with E-state index in [0.29, 0.717) is 0 Å². The number of nitrogens with zero attached hydrogens (tertiary/aromatic N) is 3. The molecule has 2 amide bonds. The Kier molecular flexibility index (Phi) is 4.52. The largest absolute Gasteiger partial charge is 0.378 e. The summed E-state index contributed by atoms with van der Waals surface area (Å²) in [4.78, 5) is 21.1. The Morgan fingerprint density at radius 2 is 1.88 bits per heavy atom. The summed E-state index contributed by atoms with van der Waals surface area (Å²) in [6.07, 6.45) is 2.73. The van der Waals surface area contributed by atoms with E-state index < -0.39 is 0 Å². The van der Waals surface area contributed by atoms with Gasteiger partial charge >= 0.3 is 6.03 Å². The summed E-state index contributed by atoms with van der Waals surface area (Å²) in [5.74, 6) is 0.924. The Hall–Kier alpha value is -2.60. The van der Waals surface area contributed by atoms with Crippen LogP contribution in [-0.4, -0.2) is 48.8 Å². The summed E-state index contributed by atoms with van der Waals surface area (Å²) in [7, 11) is 0. The molecule has 1 N–H and O–H groups in total. The molecule has 2 saturated heterocycles. The van der Waals surface area contributed by atoms with Crippen molar-refractivity contribution in [2.24, 2.45) is 0 Å². The van der Waals surface area contributed by atoms with Crippen molar-refractivity contribution in [3.63, 3.8) is 0 Å². The molecule has 3 heterocycles. The number of benzene rings is 1. The molecule has 1 unspecified atom stereocenters. The summed E-state index contributed by atoms with van der Waals surface area (Å²) >= 11 is 0. The highest BCUT2D eigenvalue weighted by Gasteiger charge is 2.33. The first kappa shape index (κ1) is 15.9. The Morgan fingerprint density at radius 3 is 2.52 bits per heavy atom. The van der Waals surface area contributed by atoms with Gasteiger partial charge in [0.15, 0.2) is 0 Å². The minimum atomic E-state index is -0.0685. The second-order valence-corrected chi connectivity index (χ2v) is 6.34. The van der Waals surface area contributed by atoms with Crippen LogP contribution in [0.25, 0.3) is 0 Å². The van der Waals surface area contributed by atoms with Gasteiger partial charge in [0.1, 0.15) is 5.82 Å². The molecule has 1 aromatic heterocycles. The number of aromatic nitrogens is 1. The number of hydrogen-bond donors (Lipinski definition) is 1. The van der Waals surface area contributed by atoms with Crippen LogP contribution in [0.4, 0.5) is 16.3 Å². The van der Waals surface area contributed by atoms with Crippen molar-refractivity contribution in [3.8, 4) is 0 Å². The molecule has 2 aromatic rings. The minimum absolute atomic E-state index is 0.0685. The number of likely N-dealkylation sites (tertiary alicyclic amines) is 1. The Labute approximate surface area is 147 Å². The molecule has 2 fully saturated rings. The van der Waals surface area contributed by atoms with E-state index in [-0.39, 0.29) is 12.1 Å². The maximum Gasteiger partial charge on any atom is 0.322 e. The maximum atomic E-state index is 12.5. The molecule has 0 spiro atoms. The van der Waals surface area contributed by atoms with Gasteiger partial charge in [-0.05, 0) is 24.1 Å². The third-order valence-electron chi connectivity index (χ3n) is 4.80. The zero-order valence-electron chi connectivity index (χ0n) is 14.1. The van der Waals surface area contributed by atoms with Crippen molar-refractivity contribution in [1.29, 1.82) is 0 Å². The smallest absolute Gasteiger partial charge is 0.322 e. The fourth-order valence-electron chi connectivity index (χ4n) is 3.29. The lowest BCUT2D eigenvalue weighted by Gasteiger charge is -2.41. The number of urea groups is 1. The molecule has 6 heteroatoms. The zero-order chi connectivity index (χ0) is 17.1. The van der Waals surface area contributed by atoms with Gasteiger partial charge in [0.25, 0.3) is 0 Å². The van der Waals surface area contributed by atoms with Crippen molar-refractivity contribution in [2.75, 3.05) is 43.1 Å². The molecular formula is C19H22N4O2. The second kappa shape index (κ2) is 7.11. The Balaban J connectivity index is 1.37. The van der Waals surface area contributed by atoms with E-state index in [0.717, 1.165) is 50.8 Å². The molecule has 2 aliphatic heterocycles. The third-order valence-corrected chi connectivity index (χ3v) is 4.80. The van der Waals surface area contributed by atoms with Crippen LogP contribution in [0.5, 0.6) is 0 Å². The highest BCUT2D eigenvalue weighted by Crippen LogP contribution is 2.33. The van der Waals surface area contributed by atoms with Crippen molar-refractivity contribution >= 4 is 17.5 Å². The number of hydrogen-bond acceptors (Lipinski definition) is 4. The van der Waals surface area contributed by atoms with Gasteiger partial charge in [0.05, 0.1) is 31.1 Å². The predicted molar refractivity (Wildman–Crippen MR) is 96.8 cm³/mol. The fraction of sp³-hybridized carbons (Fsp3) is 0.368. The average Bonchev–Trinajstić information content (AvgIpc) is 2.63. The monoisotopic (exact) mass is 338 g/mol. The number of carbonyl (C=O) groups is 1. The Morgan fingerprint density at radius 1 is 1.08 bits per heavy atom. The number of amides is 2. The summed E-state index contributed by atoms with van der Waals surface area (Å²) in [5, 5.41) is 2.96. The van der Waals surface area contributed by atoms with Gasteiger partial charge in [-0.1, -0.05) is 30.3 Å². The molecule has 0 bridgehead atoms. The summed E-state index contributed by atoms with van der Waals surface area (Å²) in [5.41, 5.74) is 1.91. The molecule has 0 aliphatic carbocycles. The van der Waals surface area contributed by atoms with Crippen LogP contribution in [-0.2, 0) is 4.74 Å². The Bertz CT molecular complexity index is 714. The van der Waals surface area contributed by atoms with Crippen molar-refractivity contribution in [3.05, 3.63) is 54.2 Å². The van der Waals surface area contributed by atoms with Gasteiger partial charge in [-0.2, -0.15) is 0 Å². The first-order chi connectivity index (χ1) is 12.3. The molecule has 2 aliphatic rings. The zero-order valence-corrected chi connectivity index (χ0v) is 14.1. The van der Waals surface area contributed by atoms with Crippen LogP contribution in [0.3, 0.4) is 0 Å². The van der Waals surface area contributed by atoms with Crippen LogP contribution < -0.4 is 10.2 Å². The van der Waals surface area contributed by atoms with E-state index in [2.05, 4.69) is 27.3 Å². The van der Waals surface area contributed by atoms with E-state index in [1.807, 2.05) is 35.2 Å².